The first-order valence-electron chi connectivity index (χ1n) is 7.04. The van der Waals surface area contributed by atoms with Crippen molar-refractivity contribution in [2.24, 2.45) is 0 Å². The number of carbonyl (C=O) groups is 1. The number of hydrogen-bond donors (Lipinski definition) is 2. The predicted molar refractivity (Wildman–Crippen MR) is 86.8 cm³/mol. The maximum atomic E-state index is 12.7. The van der Waals surface area contributed by atoms with Crippen LogP contribution in [0.3, 0.4) is 0 Å². The Bertz CT molecular complexity index is 739. The van der Waals surface area contributed by atoms with Gasteiger partial charge in [0.15, 0.2) is 0 Å². The van der Waals surface area contributed by atoms with Crippen LogP contribution in [0, 0.1) is 0 Å². The number of alkyl halides is 3. The zero-order chi connectivity index (χ0) is 18.4. The van der Waals surface area contributed by atoms with E-state index in [9.17, 15) is 18.0 Å². The summed E-state index contributed by atoms with van der Waals surface area (Å²) in [4.78, 5) is 20.0. The van der Waals surface area contributed by atoms with Crippen LogP contribution < -0.4 is 10.6 Å². The van der Waals surface area contributed by atoms with E-state index in [1.54, 1.807) is 7.11 Å². The Kier molecular flexibility index (Phi) is 6.16. The van der Waals surface area contributed by atoms with Gasteiger partial charge in [0.1, 0.15) is 11.5 Å². The number of aromatic nitrogens is 2. The Morgan fingerprint density at radius 2 is 2.04 bits per heavy atom. The molecule has 1 heterocycles. The van der Waals surface area contributed by atoms with E-state index < -0.39 is 17.6 Å². The van der Waals surface area contributed by atoms with Gasteiger partial charge < -0.3 is 15.4 Å². The van der Waals surface area contributed by atoms with Crippen LogP contribution in [0.1, 0.15) is 16.1 Å². The third-order valence-corrected chi connectivity index (χ3v) is 3.37. The van der Waals surface area contributed by atoms with E-state index in [2.05, 4.69) is 20.6 Å². The number of hydrogen-bond acceptors (Lipinski definition) is 5. The normalized spacial score (nSPS) is 11.2. The van der Waals surface area contributed by atoms with Crippen LogP contribution in [0.25, 0.3) is 0 Å². The molecule has 1 amide bonds. The first-order valence-corrected chi connectivity index (χ1v) is 7.42. The number of nitrogens with zero attached hydrogens (tertiary/aromatic N) is 2. The predicted octanol–water partition coefficient (Wildman–Crippen LogP) is 3.46. The molecular formula is C15H14ClF3N4O2. The quantitative estimate of drug-likeness (QED) is 0.757. The van der Waals surface area contributed by atoms with Crippen LogP contribution in [0.15, 0.2) is 30.6 Å². The van der Waals surface area contributed by atoms with E-state index in [-0.39, 0.29) is 16.4 Å². The lowest BCUT2D eigenvalue weighted by atomic mass is 10.2. The minimum absolute atomic E-state index is 0.0211. The molecule has 0 unspecified atom stereocenters. The molecular weight excluding hydrogens is 361 g/mol. The SMILES string of the molecule is COCCNc1cnc(C(=O)Nc2cc(C(F)(F)F)ccc2Cl)cn1. The molecule has 6 nitrogen and oxygen atoms in total. The first kappa shape index (κ1) is 18.9. The third kappa shape index (κ3) is 5.30. The van der Waals surface area contributed by atoms with Crippen molar-refractivity contribution in [3.63, 3.8) is 0 Å². The van der Waals surface area contributed by atoms with Crippen molar-refractivity contribution in [3.8, 4) is 0 Å². The summed E-state index contributed by atoms with van der Waals surface area (Å²) in [5, 5.41) is 5.19. The van der Waals surface area contributed by atoms with Gasteiger partial charge in [-0.15, -0.1) is 0 Å². The molecule has 25 heavy (non-hydrogen) atoms. The summed E-state index contributed by atoms with van der Waals surface area (Å²) in [5.74, 6) is -0.289. The summed E-state index contributed by atoms with van der Waals surface area (Å²) in [7, 11) is 1.56. The molecule has 1 aromatic carbocycles. The molecule has 0 radical (unpaired) electrons. The highest BCUT2D eigenvalue weighted by Crippen LogP contribution is 2.33. The van der Waals surface area contributed by atoms with E-state index in [1.165, 1.54) is 12.4 Å². The summed E-state index contributed by atoms with van der Waals surface area (Å²) in [5.41, 5.74) is -1.15. The van der Waals surface area contributed by atoms with Gasteiger partial charge in [0.25, 0.3) is 5.91 Å². The van der Waals surface area contributed by atoms with Crippen molar-refractivity contribution in [2.75, 3.05) is 30.9 Å². The molecule has 10 heteroatoms. The number of anilines is 2. The monoisotopic (exact) mass is 374 g/mol. The molecule has 2 rings (SSSR count). The standard InChI is InChI=1S/C15H14ClF3N4O2/c1-25-5-4-20-13-8-21-12(7-22-13)14(24)23-11-6-9(15(17,18)19)2-3-10(11)16/h2-3,6-8H,4-5H2,1H3,(H,20,22)(H,23,24). The van der Waals surface area contributed by atoms with Gasteiger partial charge in [-0.3, -0.25) is 4.79 Å². The number of ether oxygens (including phenoxy) is 1. The third-order valence-electron chi connectivity index (χ3n) is 3.04. The number of halogens is 4. The Hall–Kier alpha value is -2.39. The van der Waals surface area contributed by atoms with Gasteiger partial charge in [0, 0.05) is 13.7 Å². The van der Waals surface area contributed by atoms with Gasteiger partial charge in [0.2, 0.25) is 0 Å². The number of rotatable bonds is 6. The van der Waals surface area contributed by atoms with Crippen molar-refractivity contribution >= 4 is 29.0 Å². The van der Waals surface area contributed by atoms with Crippen molar-refractivity contribution in [3.05, 3.63) is 46.9 Å². The first-order chi connectivity index (χ1) is 11.8. The highest BCUT2D eigenvalue weighted by molar-refractivity contribution is 6.33. The lowest BCUT2D eigenvalue weighted by Crippen LogP contribution is -2.16. The second-order valence-corrected chi connectivity index (χ2v) is 5.26. The number of methoxy groups -OCH3 is 1. The van der Waals surface area contributed by atoms with Gasteiger partial charge in [-0.1, -0.05) is 11.6 Å². The lowest BCUT2D eigenvalue weighted by molar-refractivity contribution is -0.137. The molecule has 2 N–H and O–H groups in total. The molecule has 134 valence electrons. The number of nitrogens with one attached hydrogen (secondary N) is 2. The van der Waals surface area contributed by atoms with E-state index in [4.69, 9.17) is 16.3 Å². The van der Waals surface area contributed by atoms with Crippen molar-refractivity contribution in [2.45, 2.75) is 6.18 Å². The van der Waals surface area contributed by atoms with Crippen LogP contribution in [0.2, 0.25) is 5.02 Å². The number of carbonyl (C=O) groups excluding carboxylic acids is 1. The maximum absolute atomic E-state index is 12.7. The van der Waals surface area contributed by atoms with Crippen LogP contribution in [0.4, 0.5) is 24.7 Å². The Morgan fingerprint density at radius 1 is 1.28 bits per heavy atom. The summed E-state index contributed by atoms with van der Waals surface area (Å²) >= 11 is 5.83. The molecule has 0 aliphatic heterocycles. The van der Waals surface area contributed by atoms with Gasteiger partial charge in [-0.25, -0.2) is 9.97 Å². The van der Waals surface area contributed by atoms with Gasteiger partial charge in [-0.2, -0.15) is 13.2 Å². The lowest BCUT2D eigenvalue weighted by Gasteiger charge is -2.11. The van der Waals surface area contributed by atoms with Crippen molar-refractivity contribution in [1.82, 2.24) is 9.97 Å². The Morgan fingerprint density at radius 3 is 2.64 bits per heavy atom. The maximum Gasteiger partial charge on any atom is 0.416 e. The van der Waals surface area contributed by atoms with E-state index in [1.807, 2.05) is 0 Å². The molecule has 1 aromatic heterocycles. The highest BCUT2D eigenvalue weighted by Gasteiger charge is 2.31. The highest BCUT2D eigenvalue weighted by atomic mass is 35.5. The molecule has 2 aromatic rings. The topological polar surface area (TPSA) is 76.1 Å². The Labute approximate surface area is 146 Å². The molecule has 0 fully saturated rings. The molecule has 0 aliphatic carbocycles. The largest absolute Gasteiger partial charge is 0.416 e. The van der Waals surface area contributed by atoms with Gasteiger partial charge in [-0.05, 0) is 18.2 Å². The number of benzene rings is 1. The second kappa shape index (κ2) is 8.13. The summed E-state index contributed by atoms with van der Waals surface area (Å²) < 4.78 is 43.1. The molecule has 0 spiro atoms. The van der Waals surface area contributed by atoms with Crippen molar-refractivity contribution in [1.29, 1.82) is 0 Å². The minimum Gasteiger partial charge on any atom is -0.383 e. The number of amides is 1. The van der Waals surface area contributed by atoms with Gasteiger partial charge >= 0.3 is 6.18 Å². The van der Waals surface area contributed by atoms with E-state index in [0.29, 0.717) is 19.0 Å². The molecule has 0 bridgehead atoms. The fraction of sp³-hybridized carbons (Fsp3) is 0.267. The average molecular weight is 375 g/mol. The molecule has 0 saturated heterocycles. The van der Waals surface area contributed by atoms with Crippen LogP contribution in [0.5, 0.6) is 0 Å². The summed E-state index contributed by atoms with van der Waals surface area (Å²) in [6.45, 7) is 0.981. The summed E-state index contributed by atoms with van der Waals surface area (Å²) in [6, 6.07) is 2.65. The van der Waals surface area contributed by atoms with Crippen molar-refractivity contribution < 1.29 is 22.7 Å². The molecule has 0 aliphatic rings. The zero-order valence-corrected chi connectivity index (χ0v) is 13.8. The molecule has 0 saturated carbocycles. The zero-order valence-electron chi connectivity index (χ0n) is 13.0. The minimum atomic E-state index is -4.54. The smallest absolute Gasteiger partial charge is 0.383 e. The van der Waals surface area contributed by atoms with Crippen LogP contribution in [-0.4, -0.2) is 36.1 Å². The fourth-order valence-electron chi connectivity index (χ4n) is 1.80. The fourth-order valence-corrected chi connectivity index (χ4v) is 1.97. The Balaban J connectivity index is 2.09. The molecule has 0 atom stereocenters. The van der Waals surface area contributed by atoms with Crippen LogP contribution in [-0.2, 0) is 10.9 Å². The average Bonchev–Trinajstić information content (AvgIpc) is 2.56. The summed E-state index contributed by atoms with van der Waals surface area (Å²) in [6.07, 6.45) is -2.01. The van der Waals surface area contributed by atoms with E-state index >= 15 is 0 Å². The van der Waals surface area contributed by atoms with Gasteiger partial charge in [0.05, 0.1) is 35.3 Å². The van der Waals surface area contributed by atoms with Crippen LogP contribution >= 0.6 is 11.6 Å². The van der Waals surface area contributed by atoms with E-state index in [0.717, 1.165) is 18.2 Å². The second-order valence-electron chi connectivity index (χ2n) is 4.85.